The first kappa shape index (κ1) is 23.0. The minimum atomic E-state index is -0.306. The first-order chi connectivity index (χ1) is 18.2. The molecule has 8 heteroatoms. The number of thiazole rings is 1. The van der Waals surface area contributed by atoms with Crippen LogP contribution >= 0.6 is 11.3 Å². The van der Waals surface area contributed by atoms with E-state index in [1.807, 2.05) is 66.0 Å². The summed E-state index contributed by atoms with van der Waals surface area (Å²) in [6.07, 6.45) is 1.56. The van der Waals surface area contributed by atoms with Crippen LogP contribution in [0.4, 0.5) is 15.9 Å². The maximum absolute atomic E-state index is 14.2. The van der Waals surface area contributed by atoms with Gasteiger partial charge in [0.2, 0.25) is 5.91 Å². The molecule has 0 radical (unpaired) electrons. The van der Waals surface area contributed by atoms with Crippen molar-refractivity contribution in [3.63, 3.8) is 0 Å². The second-order valence-electron chi connectivity index (χ2n) is 8.78. The molecule has 0 aliphatic carbocycles. The number of anilines is 2. The van der Waals surface area contributed by atoms with E-state index in [0.717, 1.165) is 22.6 Å². The molecule has 0 atom stereocenters. The molecule has 5 aromatic rings. The molecule has 6 rings (SSSR count). The van der Waals surface area contributed by atoms with Crippen LogP contribution in [0.3, 0.4) is 0 Å². The highest BCUT2D eigenvalue weighted by Crippen LogP contribution is 2.34. The van der Waals surface area contributed by atoms with Gasteiger partial charge in [0.05, 0.1) is 23.0 Å². The van der Waals surface area contributed by atoms with Crippen LogP contribution in [0.5, 0.6) is 0 Å². The number of nitrogens with one attached hydrogen (secondary N) is 1. The second-order valence-corrected chi connectivity index (χ2v) is 9.64. The van der Waals surface area contributed by atoms with Gasteiger partial charge < -0.3 is 10.2 Å². The molecule has 0 unspecified atom stereocenters. The van der Waals surface area contributed by atoms with Crippen LogP contribution in [0.15, 0.2) is 96.6 Å². The summed E-state index contributed by atoms with van der Waals surface area (Å²) in [7, 11) is 0. The fraction of sp³-hybridized carbons (Fsp3) is 0.103. The Labute approximate surface area is 217 Å². The van der Waals surface area contributed by atoms with Crippen molar-refractivity contribution in [2.45, 2.75) is 0 Å². The maximum atomic E-state index is 14.2. The highest BCUT2D eigenvalue weighted by molar-refractivity contribution is 7.13. The molecule has 1 aliphatic heterocycles. The minimum Gasteiger partial charge on any atom is -0.355 e. The number of nitrogens with zero attached hydrogens (tertiary/aromatic N) is 4. The van der Waals surface area contributed by atoms with Gasteiger partial charge in [-0.05, 0) is 18.2 Å². The molecule has 0 saturated carbocycles. The molecule has 6 nitrogen and oxygen atoms in total. The van der Waals surface area contributed by atoms with E-state index in [2.05, 4.69) is 25.2 Å². The average molecular weight is 508 g/mol. The van der Waals surface area contributed by atoms with Crippen molar-refractivity contribution in [3.05, 3.63) is 102 Å². The van der Waals surface area contributed by atoms with Crippen molar-refractivity contribution < 1.29 is 9.18 Å². The zero-order chi connectivity index (χ0) is 25.2. The van der Waals surface area contributed by atoms with Crippen LogP contribution in [0, 0.1) is 11.7 Å². The molecule has 3 aromatic carbocycles. The Morgan fingerprint density at radius 1 is 0.892 bits per heavy atom. The van der Waals surface area contributed by atoms with Gasteiger partial charge in [-0.2, -0.15) is 0 Å². The van der Waals surface area contributed by atoms with Crippen LogP contribution < -0.4 is 10.2 Å². The van der Waals surface area contributed by atoms with Gasteiger partial charge >= 0.3 is 0 Å². The normalized spacial score (nSPS) is 13.3. The number of para-hydroxylation sites is 1. The third-order valence-corrected chi connectivity index (χ3v) is 7.24. The number of carbonyl (C=O) groups excluding carboxylic acids is 1. The van der Waals surface area contributed by atoms with Crippen molar-refractivity contribution in [2.24, 2.45) is 5.92 Å². The van der Waals surface area contributed by atoms with Gasteiger partial charge in [-0.3, -0.25) is 4.79 Å². The average Bonchev–Trinajstić information content (AvgIpc) is 3.39. The molecule has 0 spiro atoms. The smallest absolute Gasteiger partial charge is 0.231 e. The lowest BCUT2D eigenvalue weighted by Crippen LogP contribution is -2.52. The Morgan fingerprint density at radius 3 is 2.43 bits per heavy atom. The predicted octanol–water partition coefficient (Wildman–Crippen LogP) is 6.15. The van der Waals surface area contributed by atoms with Crippen molar-refractivity contribution in [2.75, 3.05) is 23.3 Å². The highest BCUT2D eigenvalue weighted by Gasteiger charge is 2.34. The summed E-state index contributed by atoms with van der Waals surface area (Å²) >= 11 is 1.38. The van der Waals surface area contributed by atoms with E-state index >= 15 is 0 Å². The number of hydrogen-bond donors (Lipinski definition) is 1. The minimum absolute atomic E-state index is 0.0504. The van der Waals surface area contributed by atoms with Gasteiger partial charge in [0, 0.05) is 41.2 Å². The van der Waals surface area contributed by atoms with E-state index in [1.165, 1.54) is 17.4 Å². The van der Waals surface area contributed by atoms with Crippen LogP contribution in [0.1, 0.15) is 0 Å². The lowest BCUT2D eigenvalue weighted by atomic mass is 9.98. The van der Waals surface area contributed by atoms with Crippen molar-refractivity contribution in [1.82, 2.24) is 15.0 Å². The summed E-state index contributed by atoms with van der Waals surface area (Å²) < 4.78 is 14.2. The van der Waals surface area contributed by atoms with Crippen molar-refractivity contribution >= 4 is 28.7 Å². The number of halogens is 1. The number of rotatable bonds is 6. The molecular formula is C29H22FN5OS. The van der Waals surface area contributed by atoms with E-state index in [-0.39, 0.29) is 17.6 Å². The largest absolute Gasteiger partial charge is 0.355 e. The number of aromatic nitrogens is 3. The first-order valence-corrected chi connectivity index (χ1v) is 12.8. The maximum Gasteiger partial charge on any atom is 0.231 e. The predicted molar refractivity (Wildman–Crippen MR) is 145 cm³/mol. The van der Waals surface area contributed by atoms with E-state index in [4.69, 9.17) is 0 Å². The summed E-state index contributed by atoms with van der Waals surface area (Å²) in [6, 6.07) is 26.0. The molecule has 1 amide bonds. The summed E-state index contributed by atoms with van der Waals surface area (Å²) in [5.41, 5.74) is 4.53. The van der Waals surface area contributed by atoms with Gasteiger partial charge in [0.15, 0.2) is 0 Å². The summed E-state index contributed by atoms with van der Waals surface area (Å²) in [6.45, 7) is 1.15. The summed E-state index contributed by atoms with van der Waals surface area (Å²) in [4.78, 5) is 28.6. The molecule has 1 saturated heterocycles. The van der Waals surface area contributed by atoms with Crippen molar-refractivity contribution in [1.29, 1.82) is 0 Å². The number of hydrogen-bond acceptors (Lipinski definition) is 6. The third kappa shape index (κ3) is 4.71. The molecule has 1 fully saturated rings. The van der Waals surface area contributed by atoms with Crippen molar-refractivity contribution in [3.8, 4) is 33.1 Å². The van der Waals surface area contributed by atoms with Crippen LogP contribution in [-0.4, -0.2) is 33.9 Å². The van der Waals surface area contributed by atoms with Gasteiger partial charge in [-0.15, -0.1) is 11.3 Å². The van der Waals surface area contributed by atoms with Gasteiger partial charge in [0.25, 0.3) is 0 Å². The van der Waals surface area contributed by atoms with E-state index < -0.39 is 0 Å². The second kappa shape index (κ2) is 9.91. The Bertz CT molecular complexity index is 1570. The monoisotopic (exact) mass is 507 g/mol. The quantitative estimate of drug-likeness (QED) is 0.299. The number of benzene rings is 3. The van der Waals surface area contributed by atoms with Crippen LogP contribution in [-0.2, 0) is 4.79 Å². The molecule has 37 heavy (non-hydrogen) atoms. The first-order valence-electron chi connectivity index (χ1n) is 11.9. The number of carbonyl (C=O) groups is 1. The molecule has 1 N–H and O–H groups in total. The number of amides is 1. The van der Waals surface area contributed by atoms with E-state index in [0.29, 0.717) is 35.0 Å². The van der Waals surface area contributed by atoms with E-state index in [9.17, 15) is 9.18 Å². The van der Waals surface area contributed by atoms with Crippen LogP contribution in [0.25, 0.3) is 33.1 Å². The van der Waals surface area contributed by atoms with Gasteiger partial charge in [-0.25, -0.2) is 19.3 Å². The Morgan fingerprint density at radius 2 is 1.62 bits per heavy atom. The summed E-state index contributed by atoms with van der Waals surface area (Å²) in [5.74, 6) is 0.291. The SMILES string of the molecule is O=C(Nc1ccccc1-c1csc(-c2ccccc2F)n1)C1CN(c2cc(-c3ccccc3)ncn2)C1. The zero-order valence-electron chi connectivity index (χ0n) is 19.7. The molecular weight excluding hydrogens is 485 g/mol. The molecule has 1 aliphatic rings. The van der Waals surface area contributed by atoms with Crippen LogP contribution in [0.2, 0.25) is 0 Å². The molecule has 182 valence electrons. The van der Waals surface area contributed by atoms with E-state index in [1.54, 1.807) is 24.5 Å². The third-order valence-electron chi connectivity index (χ3n) is 6.37. The molecule has 2 aromatic heterocycles. The van der Waals surface area contributed by atoms with Gasteiger partial charge in [-0.1, -0.05) is 60.7 Å². The van der Waals surface area contributed by atoms with Gasteiger partial charge in [0.1, 0.15) is 23.0 Å². The lowest BCUT2D eigenvalue weighted by molar-refractivity contribution is -0.120. The Kier molecular flexibility index (Phi) is 6.16. The summed E-state index contributed by atoms with van der Waals surface area (Å²) in [5, 5.41) is 5.56. The highest BCUT2D eigenvalue weighted by atomic mass is 32.1. The molecule has 3 heterocycles. The standard InChI is InChI=1S/C29H22FN5OS/c30-23-12-6-4-10-21(23)29-34-26(17-37-29)22-11-5-7-13-24(22)33-28(36)20-15-35(16-20)27-14-25(31-18-32-27)19-8-2-1-3-9-19/h1-14,17-18,20H,15-16H2,(H,33,36). The zero-order valence-corrected chi connectivity index (χ0v) is 20.5. The topological polar surface area (TPSA) is 71.0 Å². The molecule has 0 bridgehead atoms. The lowest BCUT2D eigenvalue weighted by Gasteiger charge is -2.39. The Hall–Kier alpha value is -4.43. The Balaban J connectivity index is 1.14. The fourth-order valence-electron chi connectivity index (χ4n) is 4.32. The fourth-order valence-corrected chi connectivity index (χ4v) is 5.17.